The van der Waals surface area contributed by atoms with E-state index < -0.39 is 11.6 Å². The molecule has 2 rings (SSSR count). The van der Waals surface area contributed by atoms with Gasteiger partial charge in [0.1, 0.15) is 23.0 Å². The van der Waals surface area contributed by atoms with Crippen molar-refractivity contribution in [1.82, 2.24) is 9.55 Å². The minimum absolute atomic E-state index is 0.144. The Hall–Kier alpha value is -3.16. The fourth-order valence-corrected chi connectivity index (χ4v) is 3.42. The average Bonchev–Trinajstić information content (AvgIpc) is 2.75. The van der Waals surface area contributed by atoms with Gasteiger partial charge in [-0.3, -0.25) is 9.36 Å². The first kappa shape index (κ1) is 25.1. The summed E-state index contributed by atoms with van der Waals surface area (Å²) in [6.07, 6.45) is 3.51. The van der Waals surface area contributed by atoms with Crippen LogP contribution in [0.25, 0.3) is 0 Å². The number of benzene rings is 1. The minimum Gasteiger partial charge on any atom is -0.478 e. The molecule has 8 heteroatoms. The maximum atomic E-state index is 13.1. The number of hydrogen-bond donors (Lipinski definition) is 3. The van der Waals surface area contributed by atoms with Gasteiger partial charge in [0.05, 0.1) is 5.71 Å². The lowest BCUT2D eigenvalue weighted by atomic mass is 10.1. The van der Waals surface area contributed by atoms with Crippen molar-refractivity contribution in [3.05, 3.63) is 51.7 Å². The monoisotopic (exact) mass is 442 g/mol. The molecule has 0 aliphatic carbocycles. The quantitative estimate of drug-likeness (QED) is 0.429. The molecule has 0 aliphatic heterocycles. The standard InChI is InChI=1S/C24H34N4O4/c1-6-9-18(25)20-21(26-5)22(29)28(19(7-2)27-20)15-8-10-16-11-13-17(14-12-16)32-24(3,4)23(30)31/h11-14,25-26H,6-10,15H2,1-5H3,(H,30,31). The predicted molar refractivity (Wildman–Crippen MR) is 126 cm³/mol. The summed E-state index contributed by atoms with van der Waals surface area (Å²) in [6.45, 7) is 7.50. The Morgan fingerprint density at radius 1 is 1.25 bits per heavy atom. The van der Waals surface area contributed by atoms with Crippen molar-refractivity contribution in [2.24, 2.45) is 0 Å². The predicted octanol–water partition coefficient (Wildman–Crippen LogP) is 3.89. The highest BCUT2D eigenvalue weighted by atomic mass is 16.5. The fourth-order valence-electron chi connectivity index (χ4n) is 3.42. The summed E-state index contributed by atoms with van der Waals surface area (Å²) >= 11 is 0. The summed E-state index contributed by atoms with van der Waals surface area (Å²) in [6, 6.07) is 7.34. The van der Waals surface area contributed by atoms with Gasteiger partial charge in [-0.25, -0.2) is 9.78 Å². The normalized spacial score (nSPS) is 11.3. The Kier molecular flexibility index (Phi) is 8.57. The number of ether oxygens (including phenoxy) is 1. The lowest BCUT2D eigenvalue weighted by Gasteiger charge is -2.21. The van der Waals surface area contributed by atoms with Crippen LogP contribution in [0.4, 0.5) is 5.69 Å². The van der Waals surface area contributed by atoms with Crippen LogP contribution >= 0.6 is 0 Å². The van der Waals surface area contributed by atoms with E-state index in [-0.39, 0.29) is 5.56 Å². The van der Waals surface area contributed by atoms with Crippen molar-refractivity contribution >= 4 is 17.4 Å². The molecule has 0 amide bonds. The highest BCUT2D eigenvalue weighted by molar-refractivity contribution is 6.00. The highest BCUT2D eigenvalue weighted by Crippen LogP contribution is 2.20. The molecule has 2 aromatic rings. The molecule has 0 radical (unpaired) electrons. The number of aliphatic carboxylic acids is 1. The average molecular weight is 443 g/mol. The lowest BCUT2D eigenvalue weighted by molar-refractivity contribution is -0.152. The fraction of sp³-hybridized carbons (Fsp3) is 0.500. The van der Waals surface area contributed by atoms with Crippen LogP contribution in [0, 0.1) is 5.41 Å². The van der Waals surface area contributed by atoms with Gasteiger partial charge in [0, 0.05) is 20.0 Å². The molecule has 0 saturated carbocycles. The van der Waals surface area contributed by atoms with Crippen LogP contribution in [0.2, 0.25) is 0 Å². The van der Waals surface area contributed by atoms with Crippen LogP contribution in [-0.2, 0) is 24.2 Å². The second kappa shape index (κ2) is 10.9. The number of carboxylic acid groups (broad SMARTS) is 1. The molecule has 174 valence electrons. The number of nitrogens with one attached hydrogen (secondary N) is 2. The van der Waals surface area contributed by atoms with E-state index in [9.17, 15) is 14.7 Å². The van der Waals surface area contributed by atoms with Gasteiger partial charge in [-0.05, 0) is 50.8 Å². The number of carboxylic acids is 1. The van der Waals surface area contributed by atoms with E-state index in [0.717, 1.165) is 24.8 Å². The molecule has 3 N–H and O–H groups in total. The zero-order chi connectivity index (χ0) is 23.9. The molecule has 32 heavy (non-hydrogen) atoms. The number of anilines is 1. The Balaban J connectivity index is 2.13. The number of rotatable bonds is 12. The molecule has 8 nitrogen and oxygen atoms in total. The van der Waals surface area contributed by atoms with Gasteiger partial charge in [0.15, 0.2) is 5.60 Å². The first-order valence-corrected chi connectivity index (χ1v) is 11.0. The Labute approximate surface area is 189 Å². The van der Waals surface area contributed by atoms with Gasteiger partial charge in [-0.2, -0.15) is 0 Å². The number of hydrogen-bond acceptors (Lipinski definition) is 6. The van der Waals surface area contributed by atoms with E-state index in [4.69, 9.17) is 10.1 Å². The van der Waals surface area contributed by atoms with Crippen molar-refractivity contribution in [2.75, 3.05) is 12.4 Å². The zero-order valence-electron chi connectivity index (χ0n) is 19.6. The molecule has 1 heterocycles. The summed E-state index contributed by atoms with van der Waals surface area (Å²) in [7, 11) is 1.69. The molecule has 0 fully saturated rings. The van der Waals surface area contributed by atoms with Crippen molar-refractivity contribution in [3.8, 4) is 5.75 Å². The number of carbonyl (C=O) groups is 1. The maximum absolute atomic E-state index is 13.1. The number of aryl methyl sites for hydroxylation is 2. The molecule has 0 atom stereocenters. The zero-order valence-corrected chi connectivity index (χ0v) is 19.6. The smallest absolute Gasteiger partial charge is 0.347 e. The SMILES string of the molecule is CCCC(=N)c1nc(CC)n(CCCc2ccc(OC(C)(C)C(=O)O)cc2)c(=O)c1NC. The Bertz CT molecular complexity index is 1010. The molecule has 0 bridgehead atoms. The molecule has 0 unspecified atom stereocenters. The van der Waals surface area contributed by atoms with E-state index in [1.165, 1.54) is 13.8 Å². The van der Waals surface area contributed by atoms with E-state index in [2.05, 4.69) is 10.3 Å². The molecule has 0 spiro atoms. The van der Waals surface area contributed by atoms with Gasteiger partial charge in [-0.1, -0.05) is 32.4 Å². The van der Waals surface area contributed by atoms with Crippen LogP contribution < -0.4 is 15.6 Å². The second-order valence-electron chi connectivity index (χ2n) is 8.21. The summed E-state index contributed by atoms with van der Waals surface area (Å²) < 4.78 is 7.23. The Morgan fingerprint density at radius 2 is 1.91 bits per heavy atom. The van der Waals surface area contributed by atoms with Crippen LogP contribution in [-0.4, -0.2) is 39.0 Å². The van der Waals surface area contributed by atoms with Gasteiger partial charge < -0.3 is 20.6 Å². The molecular weight excluding hydrogens is 408 g/mol. The van der Waals surface area contributed by atoms with Crippen LogP contribution in [0.3, 0.4) is 0 Å². The van der Waals surface area contributed by atoms with Crippen LogP contribution in [0.5, 0.6) is 5.75 Å². The molecule has 1 aromatic heterocycles. The van der Waals surface area contributed by atoms with E-state index in [1.54, 1.807) is 23.7 Å². The summed E-state index contributed by atoms with van der Waals surface area (Å²) in [5.41, 5.74) is 0.839. The van der Waals surface area contributed by atoms with Gasteiger partial charge in [0.2, 0.25) is 0 Å². The van der Waals surface area contributed by atoms with Crippen molar-refractivity contribution in [1.29, 1.82) is 5.41 Å². The van der Waals surface area contributed by atoms with Crippen molar-refractivity contribution in [3.63, 3.8) is 0 Å². The van der Waals surface area contributed by atoms with Gasteiger partial charge in [0.25, 0.3) is 5.56 Å². The van der Waals surface area contributed by atoms with Crippen molar-refractivity contribution in [2.45, 2.75) is 71.9 Å². The highest BCUT2D eigenvalue weighted by Gasteiger charge is 2.29. The van der Waals surface area contributed by atoms with Crippen molar-refractivity contribution < 1.29 is 14.6 Å². The number of nitrogens with zero attached hydrogens (tertiary/aromatic N) is 2. The molecule has 0 aliphatic rings. The third-order valence-corrected chi connectivity index (χ3v) is 5.26. The first-order chi connectivity index (χ1) is 15.1. The van der Waals surface area contributed by atoms with Crippen LogP contribution in [0.1, 0.15) is 64.0 Å². The second-order valence-corrected chi connectivity index (χ2v) is 8.21. The van der Waals surface area contributed by atoms with E-state index >= 15 is 0 Å². The first-order valence-electron chi connectivity index (χ1n) is 11.0. The molecular formula is C24H34N4O4. The minimum atomic E-state index is -1.29. The largest absolute Gasteiger partial charge is 0.478 e. The van der Waals surface area contributed by atoms with Crippen LogP contribution in [0.15, 0.2) is 29.1 Å². The summed E-state index contributed by atoms with van der Waals surface area (Å²) in [5.74, 6) is 0.160. The van der Waals surface area contributed by atoms with Gasteiger partial charge >= 0.3 is 5.97 Å². The number of aromatic nitrogens is 2. The molecule has 1 aromatic carbocycles. The third-order valence-electron chi connectivity index (χ3n) is 5.26. The topological polar surface area (TPSA) is 117 Å². The summed E-state index contributed by atoms with van der Waals surface area (Å²) in [4.78, 5) is 28.9. The summed E-state index contributed by atoms with van der Waals surface area (Å²) in [5, 5.41) is 20.4. The lowest BCUT2D eigenvalue weighted by Crippen LogP contribution is -2.37. The van der Waals surface area contributed by atoms with Gasteiger partial charge in [-0.15, -0.1) is 0 Å². The van der Waals surface area contributed by atoms with E-state index in [1.807, 2.05) is 26.0 Å². The van der Waals surface area contributed by atoms with E-state index in [0.29, 0.717) is 48.1 Å². The third kappa shape index (κ3) is 5.96. The Morgan fingerprint density at radius 3 is 2.44 bits per heavy atom. The maximum Gasteiger partial charge on any atom is 0.347 e. The molecule has 0 saturated heterocycles.